The minimum Gasteiger partial charge on any atom is -0.496 e. The molecule has 3 N–H and O–H groups in total. The van der Waals surface area contributed by atoms with Gasteiger partial charge >= 0.3 is 5.69 Å². The molecule has 0 spiro atoms. The number of hydrogen-bond donors (Lipinski definition) is 3. The largest absolute Gasteiger partial charge is 0.496 e. The molecule has 5 rings (SSSR count). The summed E-state index contributed by atoms with van der Waals surface area (Å²) in [6.07, 6.45) is 1.12. The molecule has 1 saturated heterocycles. The summed E-state index contributed by atoms with van der Waals surface area (Å²) in [7, 11) is 4.16. The van der Waals surface area contributed by atoms with E-state index in [0.29, 0.717) is 42.0 Å². The Hall–Kier alpha value is -5.10. The Morgan fingerprint density at radius 2 is 1.73 bits per heavy atom. The molecule has 0 bridgehead atoms. The van der Waals surface area contributed by atoms with Gasteiger partial charge in [0.2, 0.25) is 11.6 Å². The first kappa shape index (κ1) is 31.3. The van der Waals surface area contributed by atoms with Crippen LogP contribution in [-0.4, -0.2) is 45.9 Å². The van der Waals surface area contributed by atoms with Crippen LogP contribution in [0.3, 0.4) is 0 Å². The van der Waals surface area contributed by atoms with Crippen molar-refractivity contribution < 1.29 is 18.7 Å². The van der Waals surface area contributed by atoms with Gasteiger partial charge in [-0.25, -0.2) is 13.9 Å². The predicted octanol–water partition coefficient (Wildman–Crippen LogP) is 3.20. The average Bonchev–Trinajstić information content (AvgIpc) is 3.03. The highest BCUT2D eigenvalue weighted by Gasteiger charge is 2.22. The van der Waals surface area contributed by atoms with Gasteiger partial charge in [0.05, 0.1) is 7.11 Å². The Balaban J connectivity index is 1.44. The molecule has 0 saturated carbocycles. The van der Waals surface area contributed by atoms with Gasteiger partial charge in [0, 0.05) is 50.9 Å². The van der Waals surface area contributed by atoms with Crippen LogP contribution in [-0.2, 0) is 25.4 Å². The summed E-state index contributed by atoms with van der Waals surface area (Å²) in [4.78, 5) is 49.1. The minimum atomic E-state index is -0.792. The van der Waals surface area contributed by atoms with Crippen LogP contribution in [0.5, 0.6) is 5.75 Å². The van der Waals surface area contributed by atoms with Crippen molar-refractivity contribution in [2.75, 3.05) is 19.0 Å². The Morgan fingerprint density at radius 1 is 1.04 bits per heavy atom. The van der Waals surface area contributed by atoms with Gasteiger partial charge in [-0.15, -0.1) is 0 Å². The van der Waals surface area contributed by atoms with Crippen molar-refractivity contribution in [3.8, 4) is 28.0 Å². The van der Waals surface area contributed by atoms with Crippen molar-refractivity contribution in [3.63, 3.8) is 0 Å². The van der Waals surface area contributed by atoms with E-state index in [4.69, 9.17) is 4.74 Å². The van der Waals surface area contributed by atoms with Crippen molar-refractivity contribution in [2.45, 2.75) is 39.3 Å². The lowest BCUT2D eigenvalue weighted by molar-refractivity contribution is -0.122. The highest BCUT2D eigenvalue weighted by molar-refractivity contribution is 6.03. The van der Waals surface area contributed by atoms with E-state index in [0.717, 1.165) is 37.1 Å². The number of benzene rings is 3. The van der Waals surface area contributed by atoms with E-state index in [-0.39, 0.29) is 18.5 Å². The van der Waals surface area contributed by atoms with Gasteiger partial charge in [-0.1, -0.05) is 30.3 Å². The molecule has 0 radical (unpaired) electrons. The van der Waals surface area contributed by atoms with Crippen LogP contribution in [0, 0.1) is 19.7 Å². The van der Waals surface area contributed by atoms with Crippen LogP contribution in [0.1, 0.15) is 40.0 Å². The van der Waals surface area contributed by atoms with Crippen molar-refractivity contribution in [1.82, 2.24) is 25.0 Å². The number of rotatable bonds is 8. The maximum absolute atomic E-state index is 15.6. The van der Waals surface area contributed by atoms with Crippen LogP contribution in [0.2, 0.25) is 0 Å². The van der Waals surface area contributed by atoms with Crippen molar-refractivity contribution in [3.05, 3.63) is 97.6 Å². The summed E-state index contributed by atoms with van der Waals surface area (Å²) >= 11 is 0. The SMILES string of the molecule is COc1cc(-c2cccc(-c3cccc(NC(=O)c4nn(C)c(=O)n(C)c4=O)c3C)c2C)cc(F)c1CN[C@H]1CCC(=O)NC1. The van der Waals surface area contributed by atoms with E-state index in [1.165, 1.54) is 27.3 Å². The van der Waals surface area contributed by atoms with Gasteiger partial charge < -0.3 is 20.7 Å². The summed E-state index contributed by atoms with van der Waals surface area (Å²) in [5.74, 6) is -0.694. The van der Waals surface area contributed by atoms with Gasteiger partial charge in [0.15, 0.2) is 0 Å². The van der Waals surface area contributed by atoms with Crippen LogP contribution in [0.4, 0.5) is 10.1 Å². The third kappa shape index (κ3) is 6.27. The van der Waals surface area contributed by atoms with Crippen LogP contribution >= 0.6 is 0 Å². The number of halogens is 1. The zero-order valence-electron chi connectivity index (χ0n) is 25.8. The first-order valence-electron chi connectivity index (χ1n) is 14.5. The first-order valence-corrected chi connectivity index (χ1v) is 14.5. The Labute approximate surface area is 259 Å². The highest BCUT2D eigenvalue weighted by Crippen LogP contribution is 2.37. The number of piperidine rings is 1. The molecule has 1 aliphatic heterocycles. The quantitative estimate of drug-likeness (QED) is 0.277. The zero-order valence-corrected chi connectivity index (χ0v) is 25.8. The van der Waals surface area contributed by atoms with Gasteiger partial charge in [0.1, 0.15) is 11.6 Å². The molecule has 11 nitrogen and oxygen atoms in total. The number of nitrogens with one attached hydrogen (secondary N) is 3. The molecule has 234 valence electrons. The number of amides is 2. The number of anilines is 1. The molecule has 45 heavy (non-hydrogen) atoms. The molecule has 3 aromatic carbocycles. The average molecular weight is 615 g/mol. The van der Waals surface area contributed by atoms with Crippen LogP contribution in [0.25, 0.3) is 22.3 Å². The number of nitrogens with zero attached hydrogens (tertiary/aromatic N) is 3. The van der Waals surface area contributed by atoms with Crippen LogP contribution in [0.15, 0.2) is 58.1 Å². The fraction of sp³-hybridized carbons (Fsp3) is 0.303. The van der Waals surface area contributed by atoms with Gasteiger partial charge in [-0.05, 0) is 71.8 Å². The first-order chi connectivity index (χ1) is 21.5. The standard InChI is InChI=1S/C33H35FN6O5/c1-18-22(20-14-26(34)25(28(15-20)45-5)17-35-21-12-13-29(41)36-16-21)8-6-9-23(18)24-10-7-11-27(19(24)2)37-31(42)30-32(43)39(3)33(44)40(4)38-30/h6-11,14-15,21,35H,12-13,16-17H2,1-5H3,(H,36,41)(H,37,42)/t21-/m0/s1. The van der Waals surface area contributed by atoms with E-state index in [9.17, 15) is 19.2 Å². The Bertz CT molecular complexity index is 1920. The molecule has 0 aliphatic carbocycles. The summed E-state index contributed by atoms with van der Waals surface area (Å²) in [5, 5.41) is 12.8. The summed E-state index contributed by atoms with van der Waals surface area (Å²) in [6, 6.07) is 14.6. The minimum absolute atomic E-state index is 0.0242. The molecule has 4 aromatic rings. The second-order valence-corrected chi connectivity index (χ2v) is 11.1. The number of methoxy groups -OCH3 is 1. The number of aryl methyl sites for hydroxylation is 1. The molecule has 2 heterocycles. The predicted molar refractivity (Wildman–Crippen MR) is 169 cm³/mol. The van der Waals surface area contributed by atoms with E-state index < -0.39 is 28.7 Å². The van der Waals surface area contributed by atoms with Crippen molar-refractivity contribution in [1.29, 1.82) is 0 Å². The number of carbonyl (C=O) groups excluding carboxylic acids is 2. The summed E-state index contributed by atoms with van der Waals surface area (Å²) < 4.78 is 22.9. The number of aromatic nitrogens is 3. The highest BCUT2D eigenvalue weighted by atomic mass is 19.1. The number of hydrogen-bond acceptors (Lipinski definition) is 7. The third-order valence-corrected chi connectivity index (χ3v) is 8.26. The molecule has 12 heteroatoms. The zero-order chi connectivity index (χ0) is 32.4. The van der Waals surface area contributed by atoms with Crippen molar-refractivity contribution in [2.24, 2.45) is 14.1 Å². The van der Waals surface area contributed by atoms with E-state index >= 15 is 4.39 Å². The summed E-state index contributed by atoms with van der Waals surface area (Å²) in [6.45, 7) is 4.56. The Morgan fingerprint density at radius 3 is 2.42 bits per heavy atom. The monoisotopic (exact) mass is 614 g/mol. The Kier molecular flexibility index (Phi) is 8.96. The molecular weight excluding hydrogens is 579 g/mol. The third-order valence-electron chi connectivity index (χ3n) is 8.26. The van der Waals surface area contributed by atoms with E-state index in [1.54, 1.807) is 12.1 Å². The van der Waals surface area contributed by atoms with Gasteiger partial charge in [-0.2, -0.15) is 5.10 Å². The van der Waals surface area contributed by atoms with Gasteiger partial charge in [0.25, 0.3) is 11.5 Å². The molecule has 0 unspecified atom stereocenters. The summed E-state index contributed by atoms with van der Waals surface area (Å²) in [5.41, 5.74) is 3.87. The molecule has 1 aromatic heterocycles. The number of ether oxygens (including phenoxy) is 1. The lowest BCUT2D eigenvalue weighted by atomic mass is 9.90. The topological polar surface area (TPSA) is 136 Å². The second kappa shape index (κ2) is 12.9. The number of carbonyl (C=O) groups is 2. The smallest absolute Gasteiger partial charge is 0.346 e. The molecule has 1 aliphatic rings. The maximum Gasteiger partial charge on any atom is 0.346 e. The lowest BCUT2D eigenvalue weighted by Crippen LogP contribution is -2.45. The fourth-order valence-electron chi connectivity index (χ4n) is 5.60. The molecule has 1 atom stereocenters. The molecular formula is C33H35FN6O5. The van der Waals surface area contributed by atoms with E-state index in [2.05, 4.69) is 21.0 Å². The molecule has 2 amide bonds. The fourth-order valence-corrected chi connectivity index (χ4v) is 5.60. The van der Waals surface area contributed by atoms with Gasteiger partial charge in [-0.3, -0.25) is 19.0 Å². The normalized spacial score (nSPS) is 14.6. The maximum atomic E-state index is 15.6. The molecule has 1 fully saturated rings. The van der Waals surface area contributed by atoms with E-state index in [1.807, 2.05) is 44.2 Å². The van der Waals surface area contributed by atoms with Crippen LogP contribution < -0.4 is 31.9 Å². The van der Waals surface area contributed by atoms with Crippen molar-refractivity contribution >= 4 is 17.5 Å². The second-order valence-electron chi connectivity index (χ2n) is 11.1. The lowest BCUT2D eigenvalue weighted by Gasteiger charge is -2.24.